The second-order valence-corrected chi connectivity index (χ2v) is 5.32. The van der Waals surface area contributed by atoms with Gasteiger partial charge in [0.15, 0.2) is 0 Å². The molecule has 100 valence electrons. The van der Waals surface area contributed by atoms with E-state index < -0.39 is 0 Å². The first-order valence-corrected chi connectivity index (χ1v) is 7.13. The molecular weight excluding hydrogens is 222 g/mol. The molecule has 0 radical (unpaired) electrons. The van der Waals surface area contributed by atoms with Crippen molar-refractivity contribution in [2.45, 2.75) is 50.7 Å². The van der Waals surface area contributed by atoms with Gasteiger partial charge in [-0.3, -0.25) is 0 Å². The Kier molecular flexibility index (Phi) is 4.79. The Morgan fingerprint density at radius 3 is 2.50 bits per heavy atom. The fourth-order valence-corrected chi connectivity index (χ4v) is 2.83. The van der Waals surface area contributed by atoms with Crippen LogP contribution in [0.25, 0.3) is 0 Å². The Hall–Kier alpha value is -0.860. The summed E-state index contributed by atoms with van der Waals surface area (Å²) >= 11 is 0. The molecule has 1 N–H and O–H groups in total. The molecule has 18 heavy (non-hydrogen) atoms. The highest BCUT2D eigenvalue weighted by Crippen LogP contribution is 2.39. The molecule has 0 heterocycles. The zero-order valence-electron chi connectivity index (χ0n) is 11.6. The van der Waals surface area contributed by atoms with E-state index in [0.717, 1.165) is 13.0 Å². The minimum Gasteiger partial charge on any atom is -0.377 e. The van der Waals surface area contributed by atoms with E-state index in [-0.39, 0.29) is 5.60 Å². The first-order chi connectivity index (χ1) is 8.80. The standard InChI is InChI=1S/C16H25NO/c1-3-12-17-15(16(18-2)10-7-11-16)13-14-8-5-4-6-9-14/h4-6,8-9,15,17H,3,7,10-13H2,1-2H3. The molecule has 0 amide bonds. The molecule has 0 aromatic heterocycles. The molecular formula is C16H25NO. The molecule has 1 aliphatic carbocycles. The molecule has 2 heteroatoms. The summed E-state index contributed by atoms with van der Waals surface area (Å²) in [7, 11) is 1.87. The molecule has 0 spiro atoms. The lowest BCUT2D eigenvalue weighted by Crippen LogP contribution is -2.57. The monoisotopic (exact) mass is 247 g/mol. The molecule has 1 unspecified atom stereocenters. The Morgan fingerprint density at radius 2 is 2.00 bits per heavy atom. The minimum atomic E-state index is 0.0744. The maximum atomic E-state index is 5.84. The molecule has 1 fully saturated rings. The summed E-state index contributed by atoms with van der Waals surface area (Å²) in [6.45, 7) is 3.29. The second-order valence-electron chi connectivity index (χ2n) is 5.32. The van der Waals surface area contributed by atoms with E-state index in [1.807, 2.05) is 7.11 Å². The van der Waals surface area contributed by atoms with Crippen molar-refractivity contribution in [1.29, 1.82) is 0 Å². The van der Waals surface area contributed by atoms with Gasteiger partial charge in [0.05, 0.1) is 5.60 Å². The topological polar surface area (TPSA) is 21.3 Å². The summed E-state index contributed by atoms with van der Waals surface area (Å²) in [5.41, 5.74) is 1.47. The molecule has 1 aromatic carbocycles. The highest BCUT2D eigenvalue weighted by Gasteiger charge is 2.43. The normalized spacial score (nSPS) is 19.2. The molecule has 0 saturated heterocycles. The van der Waals surface area contributed by atoms with Crippen molar-refractivity contribution in [3.05, 3.63) is 35.9 Å². The van der Waals surface area contributed by atoms with Crippen LogP contribution in [0.3, 0.4) is 0 Å². The predicted molar refractivity (Wildman–Crippen MR) is 75.8 cm³/mol. The number of ether oxygens (including phenoxy) is 1. The number of hydrogen-bond acceptors (Lipinski definition) is 2. The van der Waals surface area contributed by atoms with Crippen LogP contribution in [0.4, 0.5) is 0 Å². The van der Waals surface area contributed by atoms with Crippen LogP contribution in [0.2, 0.25) is 0 Å². The Balaban J connectivity index is 2.05. The van der Waals surface area contributed by atoms with Crippen LogP contribution in [0.1, 0.15) is 38.2 Å². The van der Waals surface area contributed by atoms with Crippen molar-refractivity contribution >= 4 is 0 Å². The molecule has 1 atom stereocenters. The van der Waals surface area contributed by atoms with Crippen molar-refractivity contribution in [2.24, 2.45) is 0 Å². The van der Waals surface area contributed by atoms with Gasteiger partial charge < -0.3 is 10.1 Å². The van der Waals surface area contributed by atoms with Crippen LogP contribution in [0.15, 0.2) is 30.3 Å². The van der Waals surface area contributed by atoms with Crippen molar-refractivity contribution in [2.75, 3.05) is 13.7 Å². The fraction of sp³-hybridized carbons (Fsp3) is 0.625. The van der Waals surface area contributed by atoms with Crippen LogP contribution in [-0.2, 0) is 11.2 Å². The van der Waals surface area contributed by atoms with E-state index >= 15 is 0 Å². The van der Waals surface area contributed by atoms with Gasteiger partial charge in [0.2, 0.25) is 0 Å². The molecule has 0 aliphatic heterocycles. The van der Waals surface area contributed by atoms with Gasteiger partial charge in [-0.1, -0.05) is 37.3 Å². The largest absolute Gasteiger partial charge is 0.377 e. The van der Waals surface area contributed by atoms with Crippen molar-refractivity contribution in [3.8, 4) is 0 Å². The maximum Gasteiger partial charge on any atom is 0.0834 e. The summed E-state index contributed by atoms with van der Waals surface area (Å²) in [4.78, 5) is 0. The van der Waals surface area contributed by atoms with Crippen molar-refractivity contribution in [1.82, 2.24) is 5.32 Å². The molecule has 1 aliphatic rings. The third-order valence-electron chi connectivity index (χ3n) is 4.16. The first kappa shape index (κ1) is 13.6. The van der Waals surface area contributed by atoms with E-state index in [1.165, 1.54) is 31.2 Å². The lowest BCUT2D eigenvalue weighted by atomic mass is 9.72. The zero-order valence-corrected chi connectivity index (χ0v) is 11.6. The molecule has 2 nitrogen and oxygen atoms in total. The SMILES string of the molecule is CCCNC(Cc1ccccc1)C1(OC)CCC1. The minimum absolute atomic E-state index is 0.0744. The summed E-state index contributed by atoms with van der Waals surface area (Å²) in [5, 5.41) is 3.69. The van der Waals surface area contributed by atoms with Crippen molar-refractivity contribution < 1.29 is 4.74 Å². The average molecular weight is 247 g/mol. The van der Waals surface area contributed by atoms with Gasteiger partial charge >= 0.3 is 0 Å². The number of nitrogens with one attached hydrogen (secondary N) is 1. The van der Waals surface area contributed by atoms with E-state index in [9.17, 15) is 0 Å². The van der Waals surface area contributed by atoms with Crippen LogP contribution in [-0.4, -0.2) is 25.3 Å². The Bertz CT molecular complexity index is 340. The summed E-state index contributed by atoms with van der Waals surface area (Å²) in [6, 6.07) is 11.2. The Labute approximate surface area is 111 Å². The van der Waals surface area contributed by atoms with Crippen LogP contribution < -0.4 is 5.32 Å². The fourth-order valence-electron chi connectivity index (χ4n) is 2.83. The number of rotatable bonds is 7. The number of hydrogen-bond donors (Lipinski definition) is 1. The van der Waals surface area contributed by atoms with E-state index in [0.29, 0.717) is 6.04 Å². The Morgan fingerprint density at radius 1 is 1.28 bits per heavy atom. The lowest BCUT2D eigenvalue weighted by molar-refractivity contribution is -0.0980. The smallest absolute Gasteiger partial charge is 0.0834 e. The van der Waals surface area contributed by atoms with Gasteiger partial charge in [0, 0.05) is 13.2 Å². The van der Waals surface area contributed by atoms with Crippen LogP contribution in [0.5, 0.6) is 0 Å². The molecule has 1 aromatic rings. The van der Waals surface area contributed by atoms with Crippen molar-refractivity contribution in [3.63, 3.8) is 0 Å². The number of methoxy groups -OCH3 is 1. The summed E-state index contributed by atoms with van der Waals surface area (Å²) in [5.74, 6) is 0. The lowest BCUT2D eigenvalue weighted by Gasteiger charge is -2.47. The summed E-state index contributed by atoms with van der Waals surface area (Å²) in [6.07, 6.45) is 5.92. The van der Waals surface area contributed by atoms with Gasteiger partial charge in [0.1, 0.15) is 0 Å². The van der Waals surface area contributed by atoms with E-state index in [2.05, 4.69) is 42.6 Å². The van der Waals surface area contributed by atoms with Gasteiger partial charge in [-0.2, -0.15) is 0 Å². The van der Waals surface area contributed by atoms with E-state index in [4.69, 9.17) is 4.74 Å². The van der Waals surface area contributed by atoms with Gasteiger partial charge in [-0.05, 0) is 44.2 Å². The summed E-state index contributed by atoms with van der Waals surface area (Å²) < 4.78 is 5.84. The van der Waals surface area contributed by atoms with Gasteiger partial charge in [-0.25, -0.2) is 0 Å². The first-order valence-electron chi connectivity index (χ1n) is 7.13. The average Bonchev–Trinajstić information content (AvgIpc) is 2.36. The molecule has 1 saturated carbocycles. The highest BCUT2D eigenvalue weighted by molar-refractivity contribution is 5.18. The predicted octanol–water partition coefficient (Wildman–Crippen LogP) is 3.17. The number of benzene rings is 1. The van der Waals surface area contributed by atoms with Gasteiger partial charge in [0.25, 0.3) is 0 Å². The third-order valence-corrected chi connectivity index (χ3v) is 4.16. The second kappa shape index (κ2) is 6.35. The quantitative estimate of drug-likeness (QED) is 0.799. The highest BCUT2D eigenvalue weighted by atomic mass is 16.5. The van der Waals surface area contributed by atoms with Crippen LogP contribution >= 0.6 is 0 Å². The zero-order chi connectivity index (χ0) is 12.8. The maximum absolute atomic E-state index is 5.84. The van der Waals surface area contributed by atoms with Crippen LogP contribution in [0, 0.1) is 0 Å². The molecule has 0 bridgehead atoms. The van der Waals surface area contributed by atoms with E-state index in [1.54, 1.807) is 0 Å². The van der Waals surface area contributed by atoms with Gasteiger partial charge in [-0.15, -0.1) is 0 Å². The molecule has 2 rings (SSSR count). The third kappa shape index (κ3) is 2.93.